The lowest BCUT2D eigenvalue weighted by Gasteiger charge is -2.11. The van der Waals surface area contributed by atoms with Gasteiger partial charge in [0.25, 0.3) is 0 Å². The SMILES string of the molecule is Cc1cc(C)cc(COC(=O)CCC(=O)N2CCC(c3ccccc3)=N2)c1. The monoisotopic (exact) mass is 364 g/mol. The predicted octanol–water partition coefficient (Wildman–Crippen LogP) is 3.76. The van der Waals surface area contributed by atoms with Crippen LogP contribution in [0.15, 0.2) is 53.6 Å². The summed E-state index contributed by atoms with van der Waals surface area (Å²) in [5.41, 5.74) is 5.17. The van der Waals surface area contributed by atoms with Crippen molar-refractivity contribution in [3.63, 3.8) is 0 Å². The zero-order valence-corrected chi connectivity index (χ0v) is 15.8. The van der Waals surface area contributed by atoms with Crippen molar-refractivity contribution in [3.05, 3.63) is 70.8 Å². The summed E-state index contributed by atoms with van der Waals surface area (Å²) < 4.78 is 5.30. The number of carbonyl (C=O) groups is 2. The third-order valence-electron chi connectivity index (χ3n) is 4.42. The van der Waals surface area contributed by atoms with Gasteiger partial charge in [-0.2, -0.15) is 5.10 Å². The van der Waals surface area contributed by atoms with Crippen LogP contribution in [0.4, 0.5) is 0 Å². The van der Waals surface area contributed by atoms with E-state index in [-0.39, 0.29) is 31.3 Å². The number of amides is 1. The molecule has 0 radical (unpaired) electrons. The van der Waals surface area contributed by atoms with Crippen LogP contribution < -0.4 is 0 Å². The molecule has 140 valence electrons. The minimum Gasteiger partial charge on any atom is -0.461 e. The Morgan fingerprint density at radius 1 is 1.04 bits per heavy atom. The number of hydrogen-bond donors (Lipinski definition) is 0. The summed E-state index contributed by atoms with van der Waals surface area (Å²) in [5, 5.41) is 5.86. The van der Waals surface area contributed by atoms with Crippen LogP contribution in [0.1, 0.15) is 41.5 Å². The molecule has 0 saturated carbocycles. The van der Waals surface area contributed by atoms with Crippen molar-refractivity contribution in [2.45, 2.75) is 39.7 Å². The molecule has 1 aliphatic heterocycles. The van der Waals surface area contributed by atoms with Gasteiger partial charge >= 0.3 is 5.97 Å². The maximum Gasteiger partial charge on any atom is 0.306 e. The molecular weight excluding hydrogens is 340 g/mol. The zero-order chi connectivity index (χ0) is 19.2. The van der Waals surface area contributed by atoms with E-state index in [0.29, 0.717) is 6.54 Å². The normalized spacial score (nSPS) is 13.4. The molecule has 3 rings (SSSR count). The van der Waals surface area contributed by atoms with E-state index >= 15 is 0 Å². The highest BCUT2D eigenvalue weighted by Gasteiger charge is 2.22. The van der Waals surface area contributed by atoms with Gasteiger partial charge in [0, 0.05) is 12.8 Å². The van der Waals surface area contributed by atoms with E-state index in [2.05, 4.69) is 11.2 Å². The van der Waals surface area contributed by atoms with Gasteiger partial charge in [0.15, 0.2) is 0 Å². The number of carbonyl (C=O) groups excluding carboxylic acids is 2. The first-order valence-electron chi connectivity index (χ1n) is 9.17. The molecule has 0 spiro atoms. The van der Waals surface area contributed by atoms with E-state index in [1.807, 2.05) is 56.3 Å². The van der Waals surface area contributed by atoms with Gasteiger partial charge in [0.05, 0.1) is 18.7 Å². The first kappa shape index (κ1) is 18.8. The fourth-order valence-electron chi connectivity index (χ4n) is 3.20. The molecule has 0 bridgehead atoms. The summed E-state index contributed by atoms with van der Waals surface area (Å²) in [6.45, 7) is 4.81. The largest absolute Gasteiger partial charge is 0.461 e. The van der Waals surface area contributed by atoms with Crippen LogP contribution in [0.5, 0.6) is 0 Å². The summed E-state index contributed by atoms with van der Waals surface area (Å²) in [6.07, 6.45) is 0.903. The van der Waals surface area contributed by atoms with E-state index in [4.69, 9.17) is 4.74 Å². The van der Waals surface area contributed by atoms with Crippen molar-refractivity contribution in [2.75, 3.05) is 6.54 Å². The number of aryl methyl sites for hydroxylation is 2. The standard InChI is InChI=1S/C22H24N2O3/c1-16-12-17(2)14-18(13-16)15-27-22(26)9-8-21(25)24-11-10-20(23-24)19-6-4-3-5-7-19/h3-7,12-14H,8-11,15H2,1-2H3. The molecule has 27 heavy (non-hydrogen) atoms. The van der Waals surface area contributed by atoms with Gasteiger partial charge in [-0.15, -0.1) is 0 Å². The quantitative estimate of drug-likeness (QED) is 0.733. The number of hydrogen-bond acceptors (Lipinski definition) is 4. The first-order valence-corrected chi connectivity index (χ1v) is 9.17. The third-order valence-corrected chi connectivity index (χ3v) is 4.42. The van der Waals surface area contributed by atoms with Crippen molar-refractivity contribution in [1.82, 2.24) is 5.01 Å². The summed E-state index contributed by atoms with van der Waals surface area (Å²) in [4.78, 5) is 24.3. The Morgan fingerprint density at radius 3 is 2.44 bits per heavy atom. The van der Waals surface area contributed by atoms with E-state index in [9.17, 15) is 9.59 Å². The van der Waals surface area contributed by atoms with Crippen molar-refractivity contribution < 1.29 is 14.3 Å². The first-order chi connectivity index (χ1) is 13.0. The maximum absolute atomic E-state index is 12.3. The second kappa shape index (κ2) is 8.62. The molecule has 0 aromatic heterocycles. The van der Waals surface area contributed by atoms with Gasteiger partial charge in [-0.3, -0.25) is 9.59 Å². The summed E-state index contributed by atoms with van der Waals surface area (Å²) in [5.74, 6) is -0.516. The highest BCUT2D eigenvalue weighted by molar-refractivity contribution is 6.02. The van der Waals surface area contributed by atoms with Crippen LogP contribution in [0.2, 0.25) is 0 Å². The minimum atomic E-state index is -0.367. The fraction of sp³-hybridized carbons (Fsp3) is 0.318. The van der Waals surface area contributed by atoms with Crippen LogP contribution in [0.25, 0.3) is 0 Å². The highest BCUT2D eigenvalue weighted by Crippen LogP contribution is 2.15. The molecule has 1 aliphatic rings. The Kier molecular flexibility index (Phi) is 6.01. The number of nitrogens with zero attached hydrogens (tertiary/aromatic N) is 2. The maximum atomic E-state index is 12.3. The Morgan fingerprint density at radius 2 is 1.74 bits per heavy atom. The molecule has 2 aromatic carbocycles. The van der Waals surface area contributed by atoms with Crippen LogP contribution in [0, 0.1) is 13.8 Å². The highest BCUT2D eigenvalue weighted by atomic mass is 16.5. The Balaban J connectivity index is 1.46. The smallest absolute Gasteiger partial charge is 0.306 e. The second-order valence-electron chi connectivity index (χ2n) is 6.84. The van der Waals surface area contributed by atoms with Gasteiger partial charge in [-0.1, -0.05) is 59.7 Å². The van der Waals surface area contributed by atoms with Crippen LogP contribution >= 0.6 is 0 Å². The Hall–Kier alpha value is -2.95. The molecule has 0 aliphatic carbocycles. The van der Waals surface area contributed by atoms with E-state index in [1.165, 1.54) is 5.01 Å². The average molecular weight is 364 g/mol. The van der Waals surface area contributed by atoms with E-state index < -0.39 is 0 Å². The van der Waals surface area contributed by atoms with Crippen molar-refractivity contribution in [2.24, 2.45) is 5.10 Å². The minimum absolute atomic E-state index is 0.0658. The Labute approximate surface area is 159 Å². The number of ether oxygens (including phenoxy) is 1. The summed E-state index contributed by atoms with van der Waals surface area (Å²) >= 11 is 0. The van der Waals surface area contributed by atoms with Gasteiger partial charge in [-0.05, 0) is 25.0 Å². The van der Waals surface area contributed by atoms with Crippen LogP contribution in [-0.4, -0.2) is 29.1 Å². The van der Waals surface area contributed by atoms with Gasteiger partial charge in [-0.25, -0.2) is 5.01 Å². The molecule has 0 fully saturated rings. The molecule has 0 N–H and O–H groups in total. The summed E-state index contributed by atoms with van der Waals surface area (Å²) in [6, 6.07) is 15.9. The lowest BCUT2D eigenvalue weighted by Crippen LogP contribution is -2.24. The second-order valence-corrected chi connectivity index (χ2v) is 6.84. The van der Waals surface area contributed by atoms with Crippen LogP contribution in [0.3, 0.4) is 0 Å². The Bertz CT molecular complexity index is 839. The number of hydrazone groups is 1. The van der Waals surface area contributed by atoms with Gasteiger partial charge in [0.2, 0.25) is 5.91 Å². The van der Waals surface area contributed by atoms with E-state index in [0.717, 1.165) is 34.4 Å². The lowest BCUT2D eigenvalue weighted by molar-refractivity contribution is -0.147. The van der Waals surface area contributed by atoms with Gasteiger partial charge < -0.3 is 4.74 Å². The molecule has 1 heterocycles. The molecule has 0 atom stereocenters. The average Bonchev–Trinajstić information content (AvgIpc) is 3.15. The topological polar surface area (TPSA) is 59.0 Å². The van der Waals surface area contributed by atoms with Crippen LogP contribution in [-0.2, 0) is 20.9 Å². The molecular formula is C22H24N2O3. The molecule has 0 unspecified atom stereocenters. The molecule has 0 saturated heterocycles. The van der Waals surface area contributed by atoms with Crippen molar-refractivity contribution in [1.29, 1.82) is 0 Å². The molecule has 1 amide bonds. The van der Waals surface area contributed by atoms with Crippen molar-refractivity contribution in [3.8, 4) is 0 Å². The number of esters is 1. The molecule has 2 aromatic rings. The van der Waals surface area contributed by atoms with Gasteiger partial charge in [0.1, 0.15) is 6.61 Å². The number of rotatable bonds is 6. The van der Waals surface area contributed by atoms with E-state index in [1.54, 1.807) is 0 Å². The summed E-state index contributed by atoms with van der Waals surface area (Å²) in [7, 11) is 0. The fourth-order valence-corrected chi connectivity index (χ4v) is 3.20. The lowest BCUT2D eigenvalue weighted by atomic mass is 10.1. The molecule has 5 nitrogen and oxygen atoms in total. The number of benzene rings is 2. The predicted molar refractivity (Wildman–Crippen MR) is 104 cm³/mol. The zero-order valence-electron chi connectivity index (χ0n) is 15.8. The third kappa shape index (κ3) is 5.26. The molecule has 5 heteroatoms. The van der Waals surface area contributed by atoms with Crippen molar-refractivity contribution >= 4 is 17.6 Å².